The minimum Gasteiger partial charge on any atom is -0.396 e. The van der Waals surface area contributed by atoms with Crippen LogP contribution in [0.1, 0.15) is 38.5 Å². The number of carbonyl (C=O) groups excluding carboxylic acids is 3. The molecule has 10 nitrogen and oxygen atoms in total. The van der Waals surface area contributed by atoms with Gasteiger partial charge in [0, 0.05) is 59.5 Å². The van der Waals surface area contributed by atoms with E-state index < -0.39 is 23.5 Å². The zero-order valence-corrected chi connectivity index (χ0v) is 23.5. The molecule has 0 aliphatic carbocycles. The van der Waals surface area contributed by atoms with Gasteiger partial charge in [-0.3, -0.25) is 19.3 Å². The van der Waals surface area contributed by atoms with Gasteiger partial charge in [-0.1, -0.05) is 25.0 Å². The van der Waals surface area contributed by atoms with Crippen molar-refractivity contribution in [2.45, 2.75) is 56.3 Å². The highest BCUT2D eigenvalue weighted by molar-refractivity contribution is 5.99. The van der Waals surface area contributed by atoms with E-state index in [1.54, 1.807) is 33.9 Å². The molecule has 2 unspecified atom stereocenters. The fourth-order valence-electron chi connectivity index (χ4n) is 6.95. The summed E-state index contributed by atoms with van der Waals surface area (Å²) in [6.45, 7) is 13.3. The standard InChI is InChI=1S/C29H46N4O6/c1-4-12-30(3)26(35)23-22-10-11-29(39-22)24(23)27(36)33(14-8-6-7-9-19-34)25(29)28(37)32(13-5-2)16-15-31-17-20-38-21-18-31/h4-5,22-25,34H,1-2,6-21H2,3H3/t22-,23+,24+,25?,29?/m1/s1. The molecule has 5 atom stereocenters. The van der Waals surface area contributed by atoms with Crippen LogP contribution < -0.4 is 0 Å². The van der Waals surface area contributed by atoms with Crippen molar-refractivity contribution in [1.29, 1.82) is 0 Å². The molecule has 10 heteroatoms. The van der Waals surface area contributed by atoms with Crippen molar-refractivity contribution in [2.24, 2.45) is 11.8 Å². The van der Waals surface area contributed by atoms with E-state index in [0.29, 0.717) is 58.7 Å². The van der Waals surface area contributed by atoms with Gasteiger partial charge in [-0.2, -0.15) is 0 Å². The van der Waals surface area contributed by atoms with E-state index in [0.717, 1.165) is 38.9 Å². The molecule has 4 aliphatic heterocycles. The predicted molar refractivity (Wildman–Crippen MR) is 147 cm³/mol. The summed E-state index contributed by atoms with van der Waals surface area (Å²) in [4.78, 5) is 49.4. The second-order valence-corrected chi connectivity index (χ2v) is 11.3. The van der Waals surface area contributed by atoms with Crippen LogP contribution in [0.4, 0.5) is 0 Å². The Balaban J connectivity index is 1.59. The third-order valence-electron chi connectivity index (χ3n) is 8.86. The fraction of sp³-hybridized carbons (Fsp3) is 0.759. The minimum atomic E-state index is -0.988. The molecule has 0 aromatic rings. The Morgan fingerprint density at radius 2 is 1.79 bits per heavy atom. The first-order valence-corrected chi connectivity index (χ1v) is 14.5. The first-order chi connectivity index (χ1) is 18.9. The second-order valence-electron chi connectivity index (χ2n) is 11.3. The third kappa shape index (κ3) is 5.94. The summed E-state index contributed by atoms with van der Waals surface area (Å²) in [5.41, 5.74) is -0.988. The Bertz CT molecular complexity index is 908. The SMILES string of the molecule is C=CCN(C)C(=O)[C@@H]1[C@H]2C(=O)N(CCCCCCO)C(C(=O)N(CC=C)CCN3CCOCC3)C23CC[C@H]1O3. The summed E-state index contributed by atoms with van der Waals surface area (Å²) >= 11 is 0. The van der Waals surface area contributed by atoms with E-state index in [1.165, 1.54) is 0 Å². The smallest absolute Gasteiger partial charge is 0.248 e. The topological polar surface area (TPSA) is 103 Å². The van der Waals surface area contributed by atoms with Gasteiger partial charge >= 0.3 is 0 Å². The summed E-state index contributed by atoms with van der Waals surface area (Å²) in [7, 11) is 1.72. The number of unbranched alkanes of at least 4 members (excludes halogenated alkanes) is 3. The zero-order chi connectivity index (χ0) is 28.0. The van der Waals surface area contributed by atoms with Crippen LogP contribution >= 0.6 is 0 Å². The number of likely N-dealkylation sites (N-methyl/N-ethyl adjacent to an activating group) is 1. The van der Waals surface area contributed by atoms with E-state index in [1.807, 2.05) is 0 Å². The molecule has 0 aromatic heterocycles. The van der Waals surface area contributed by atoms with Crippen LogP contribution in [0, 0.1) is 11.8 Å². The number of ether oxygens (including phenoxy) is 2. The Morgan fingerprint density at radius 1 is 1.08 bits per heavy atom. The van der Waals surface area contributed by atoms with Crippen molar-refractivity contribution in [1.82, 2.24) is 19.6 Å². The monoisotopic (exact) mass is 546 g/mol. The number of hydrogen-bond acceptors (Lipinski definition) is 7. The molecule has 0 radical (unpaired) electrons. The van der Waals surface area contributed by atoms with Gasteiger partial charge in [0.2, 0.25) is 17.7 Å². The number of morpholine rings is 1. The van der Waals surface area contributed by atoms with Crippen molar-refractivity contribution in [3.8, 4) is 0 Å². The van der Waals surface area contributed by atoms with Crippen LogP contribution in [0.5, 0.6) is 0 Å². The van der Waals surface area contributed by atoms with Crippen LogP contribution in [-0.2, 0) is 23.9 Å². The highest BCUT2D eigenvalue weighted by Gasteiger charge is 2.74. The third-order valence-corrected chi connectivity index (χ3v) is 8.86. The summed E-state index contributed by atoms with van der Waals surface area (Å²) in [5, 5.41) is 9.14. The first kappa shape index (κ1) is 29.7. The first-order valence-electron chi connectivity index (χ1n) is 14.5. The van der Waals surface area contributed by atoms with Gasteiger partial charge in [0.1, 0.15) is 11.6 Å². The van der Waals surface area contributed by atoms with E-state index >= 15 is 0 Å². The summed E-state index contributed by atoms with van der Waals surface area (Å²) in [6.07, 6.45) is 7.44. The number of hydrogen-bond donors (Lipinski definition) is 1. The normalized spacial score (nSPS) is 29.9. The molecule has 4 heterocycles. The van der Waals surface area contributed by atoms with Crippen molar-refractivity contribution in [3.63, 3.8) is 0 Å². The van der Waals surface area contributed by atoms with Gasteiger partial charge in [-0.15, -0.1) is 13.2 Å². The van der Waals surface area contributed by atoms with Gasteiger partial charge < -0.3 is 29.3 Å². The second kappa shape index (κ2) is 13.4. The van der Waals surface area contributed by atoms with Crippen LogP contribution in [-0.4, -0.2) is 133 Å². The van der Waals surface area contributed by atoms with Crippen molar-refractivity contribution in [3.05, 3.63) is 25.3 Å². The zero-order valence-electron chi connectivity index (χ0n) is 23.5. The van der Waals surface area contributed by atoms with Gasteiger partial charge in [-0.05, 0) is 25.7 Å². The molecule has 4 fully saturated rings. The number of nitrogens with zero attached hydrogens (tertiary/aromatic N) is 4. The quantitative estimate of drug-likeness (QED) is 0.241. The largest absolute Gasteiger partial charge is 0.396 e. The maximum absolute atomic E-state index is 14.4. The van der Waals surface area contributed by atoms with Crippen LogP contribution in [0.3, 0.4) is 0 Å². The molecule has 1 N–H and O–H groups in total. The molecule has 1 spiro atoms. The van der Waals surface area contributed by atoms with Crippen LogP contribution in [0.15, 0.2) is 25.3 Å². The molecule has 2 bridgehead atoms. The molecule has 0 aromatic carbocycles. The van der Waals surface area contributed by atoms with E-state index in [4.69, 9.17) is 14.6 Å². The highest BCUT2D eigenvalue weighted by atomic mass is 16.5. The molecule has 3 amide bonds. The Labute approximate surface area is 232 Å². The van der Waals surface area contributed by atoms with E-state index in [-0.39, 0.29) is 30.4 Å². The number of aliphatic hydroxyl groups is 1. The minimum absolute atomic E-state index is 0.119. The van der Waals surface area contributed by atoms with Crippen LogP contribution in [0.2, 0.25) is 0 Å². The number of carbonyl (C=O) groups is 3. The average molecular weight is 547 g/mol. The van der Waals surface area contributed by atoms with Crippen molar-refractivity contribution in [2.75, 3.05) is 72.7 Å². The fourth-order valence-corrected chi connectivity index (χ4v) is 6.95. The van der Waals surface area contributed by atoms with E-state index in [9.17, 15) is 14.4 Å². The lowest BCUT2D eigenvalue weighted by Crippen LogP contribution is -2.57. The van der Waals surface area contributed by atoms with Gasteiger partial charge in [0.25, 0.3) is 0 Å². The number of likely N-dealkylation sites (tertiary alicyclic amines) is 1. The van der Waals surface area contributed by atoms with Gasteiger partial charge in [-0.25, -0.2) is 0 Å². The molecular weight excluding hydrogens is 500 g/mol. The van der Waals surface area contributed by atoms with Crippen molar-refractivity contribution >= 4 is 17.7 Å². The van der Waals surface area contributed by atoms with Gasteiger partial charge in [0.15, 0.2) is 0 Å². The Hall–Kier alpha value is -2.27. The molecule has 4 rings (SSSR count). The number of fused-ring (bicyclic) bond motifs is 1. The molecule has 4 aliphatic rings. The average Bonchev–Trinajstić information content (AvgIpc) is 3.58. The number of rotatable bonds is 15. The lowest BCUT2D eigenvalue weighted by atomic mass is 9.70. The highest BCUT2D eigenvalue weighted by Crippen LogP contribution is 2.58. The lowest BCUT2D eigenvalue weighted by Gasteiger charge is -2.37. The molecule has 218 valence electrons. The lowest BCUT2D eigenvalue weighted by molar-refractivity contribution is -0.148. The molecule has 4 saturated heterocycles. The maximum Gasteiger partial charge on any atom is 0.248 e. The number of aliphatic hydroxyl groups excluding tert-OH is 1. The molecular formula is C29H46N4O6. The van der Waals surface area contributed by atoms with E-state index in [2.05, 4.69) is 18.1 Å². The van der Waals surface area contributed by atoms with Crippen LogP contribution in [0.25, 0.3) is 0 Å². The van der Waals surface area contributed by atoms with Gasteiger partial charge in [0.05, 0.1) is 31.2 Å². The number of amides is 3. The molecule has 39 heavy (non-hydrogen) atoms. The predicted octanol–water partition coefficient (Wildman–Crippen LogP) is 0.905. The summed E-state index contributed by atoms with van der Waals surface area (Å²) in [6, 6.07) is -0.759. The molecule has 0 saturated carbocycles. The maximum atomic E-state index is 14.4. The summed E-state index contributed by atoms with van der Waals surface area (Å²) in [5.74, 6) is -1.64. The Kier molecular flexibility index (Phi) is 10.2. The van der Waals surface area contributed by atoms with Crippen molar-refractivity contribution < 1.29 is 29.0 Å². The summed E-state index contributed by atoms with van der Waals surface area (Å²) < 4.78 is 12.0. The Morgan fingerprint density at radius 3 is 2.49 bits per heavy atom.